The second kappa shape index (κ2) is 6.92. The van der Waals surface area contributed by atoms with Crippen molar-refractivity contribution < 1.29 is 14.0 Å². The topological polar surface area (TPSA) is 84.5 Å². The summed E-state index contributed by atoms with van der Waals surface area (Å²) in [5.74, 6) is -0.862. The van der Waals surface area contributed by atoms with Crippen molar-refractivity contribution >= 4 is 34.3 Å². The summed E-state index contributed by atoms with van der Waals surface area (Å²) < 4.78 is 6.47. The van der Waals surface area contributed by atoms with Crippen molar-refractivity contribution in [3.05, 3.63) is 58.6 Å². The van der Waals surface area contributed by atoms with Gasteiger partial charge < -0.3 is 14.6 Å². The fourth-order valence-electron chi connectivity index (χ4n) is 3.58. The highest BCUT2D eigenvalue weighted by molar-refractivity contribution is 6.00. The number of anilines is 2. The van der Waals surface area contributed by atoms with Crippen LogP contribution in [-0.4, -0.2) is 22.9 Å². The molecule has 1 N–H and O–H groups in total. The Labute approximate surface area is 167 Å². The minimum absolute atomic E-state index is 0.0520. The van der Waals surface area contributed by atoms with E-state index in [9.17, 15) is 14.4 Å². The van der Waals surface area contributed by atoms with Crippen molar-refractivity contribution in [2.24, 2.45) is 5.41 Å². The van der Waals surface area contributed by atoms with Gasteiger partial charge in [-0.3, -0.25) is 14.2 Å². The molecule has 0 bridgehead atoms. The van der Waals surface area contributed by atoms with Gasteiger partial charge in [0.2, 0.25) is 11.8 Å². The van der Waals surface area contributed by atoms with Gasteiger partial charge in [-0.25, -0.2) is 4.79 Å². The molecule has 150 valence electrons. The molecule has 0 saturated carbocycles. The molecule has 4 rings (SSSR count). The van der Waals surface area contributed by atoms with E-state index in [1.54, 1.807) is 29.2 Å². The van der Waals surface area contributed by atoms with E-state index in [2.05, 4.69) is 5.32 Å². The zero-order valence-electron chi connectivity index (χ0n) is 16.7. The van der Waals surface area contributed by atoms with Crippen LogP contribution >= 0.6 is 0 Å². The number of amides is 2. The Morgan fingerprint density at radius 1 is 1.14 bits per heavy atom. The molecule has 0 unspecified atom stereocenters. The SMILES string of the molecule is CC(C)(C)C(=O)N1CCc2ccc(NC(=O)Cn3c(=O)oc4ccccc43)cc21. The Kier molecular flexibility index (Phi) is 4.53. The van der Waals surface area contributed by atoms with Gasteiger partial charge >= 0.3 is 5.76 Å². The lowest BCUT2D eigenvalue weighted by Gasteiger charge is -2.26. The van der Waals surface area contributed by atoms with E-state index in [1.165, 1.54) is 4.57 Å². The normalized spacial score (nSPS) is 13.6. The van der Waals surface area contributed by atoms with Gasteiger partial charge in [0.1, 0.15) is 6.54 Å². The summed E-state index contributed by atoms with van der Waals surface area (Å²) in [7, 11) is 0. The van der Waals surface area contributed by atoms with Gasteiger partial charge in [0.05, 0.1) is 5.52 Å². The van der Waals surface area contributed by atoms with E-state index in [0.29, 0.717) is 23.3 Å². The summed E-state index contributed by atoms with van der Waals surface area (Å²) in [6.45, 7) is 6.17. The Hall–Kier alpha value is -3.35. The third kappa shape index (κ3) is 3.55. The highest BCUT2D eigenvalue weighted by atomic mass is 16.4. The Bertz CT molecular complexity index is 1170. The fraction of sp³-hybridized carbons (Fsp3) is 0.318. The monoisotopic (exact) mass is 393 g/mol. The molecule has 0 aliphatic carbocycles. The van der Waals surface area contributed by atoms with Gasteiger partial charge in [0.25, 0.3) is 0 Å². The minimum atomic E-state index is -0.572. The van der Waals surface area contributed by atoms with E-state index in [0.717, 1.165) is 17.7 Å². The predicted octanol–water partition coefficient (Wildman–Crippen LogP) is 3.17. The first-order valence-electron chi connectivity index (χ1n) is 9.57. The maximum atomic E-state index is 12.7. The van der Waals surface area contributed by atoms with Crippen molar-refractivity contribution in [2.75, 3.05) is 16.8 Å². The quantitative estimate of drug-likeness (QED) is 0.741. The van der Waals surface area contributed by atoms with Crippen LogP contribution in [0.25, 0.3) is 11.1 Å². The summed E-state index contributed by atoms with van der Waals surface area (Å²) >= 11 is 0. The number of para-hydroxylation sites is 2. The number of benzene rings is 2. The minimum Gasteiger partial charge on any atom is -0.408 e. The number of rotatable bonds is 3. The molecule has 1 aliphatic rings. The highest BCUT2D eigenvalue weighted by Crippen LogP contribution is 2.34. The lowest BCUT2D eigenvalue weighted by atomic mass is 9.94. The molecule has 7 heteroatoms. The summed E-state index contributed by atoms with van der Waals surface area (Å²) in [6.07, 6.45) is 0.793. The molecule has 1 aromatic heterocycles. The molecule has 1 aliphatic heterocycles. The van der Waals surface area contributed by atoms with Gasteiger partial charge in [-0.2, -0.15) is 0 Å². The average molecular weight is 393 g/mol. The summed E-state index contributed by atoms with van der Waals surface area (Å²) in [5.41, 5.74) is 3.03. The second-order valence-corrected chi connectivity index (χ2v) is 8.27. The number of fused-ring (bicyclic) bond motifs is 2. The van der Waals surface area contributed by atoms with Crippen LogP contribution in [0.2, 0.25) is 0 Å². The zero-order valence-corrected chi connectivity index (χ0v) is 16.7. The molecular formula is C22H23N3O4. The van der Waals surface area contributed by atoms with E-state index < -0.39 is 11.2 Å². The lowest BCUT2D eigenvalue weighted by molar-refractivity contribution is -0.125. The van der Waals surface area contributed by atoms with Gasteiger partial charge in [0.15, 0.2) is 5.58 Å². The molecular weight excluding hydrogens is 370 g/mol. The highest BCUT2D eigenvalue weighted by Gasteiger charge is 2.32. The number of carbonyl (C=O) groups excluding carboxylic acids is 2. The molecule has 2 heterocycles. The first kappa shape index (κ1) is 19.0. The largest absolute Gasteiger partial charge is 0.420 e. The van der Waals surface area contributed by atoms with Gasteiger partial charge in [-0.15, -0.1) is 0 Å². The maximum absolute atomic E-state index is 12.7. The fourth-order valence-corrected chi connectivity index (χ4v) is 3.58. The second-order valence-electron chi connectivity index (χ2n) is 8.27. The number of oxazole rings is 1. The van der Waals surface area contributed by atoms with E-state index in [4.69, 9.17) is 4.42 Å². The molecule has 0 atom stereocenters. The molecule has 0 radical (unpaired) electrons. The zero-order chi connectivity index (χ0) is 20.8. The summed E-state index contributed by atoms with van der Waals surface area (Å²) in [6, 6.07) is 12.5. The van der Waals surface area contributed by atoms with Crippen LogP contribution in [0.3, 0.4) is 0 Å². The van der Waals surface area contributed by atoms with Crippen LogP contribution in [0.4, 0.5) is 11.4 Å². The molecule has 0 spiro atoms. The van der Waals surface area contributed by atoms with Crippen molar-refractivity contribution in [3.63, 3.8) is 0 Å². The number of nitrogens with one attached hydrogen (secondary N) is 1. The lowest BCUT2D eigenvalue weighted by Crippen LogP contribution is -2.38. The molecule has 7 nitrogen and oxygen atoms in total. The average Bonchev–Trinajstić information content (AvgIpc) is 3.21. The van der Waals surface area contributed by atoms with Crippen molar-refractivity contribution in [1.29, 1.82) is 0 Å². The number of aromatic nitrogens is 1. The van der Waals surface area contributed by atoms with Gasteiger partial charge in [0, 0.05) is 23.3 Å². The first-order valence-corrected chi connectivity index (χ1v) is 9.57. The molecule has 29 heavy (non-hydrogen) atoms. The Balaban J connectivity index is 1.55. The third-order valence-electron chi connectivity index (χ3n) is 5.03. The third-order valence-corrected chi connectivity index (χ3v) is 5.03. The van der Waals surface area contributed by atoms with Crippen LogP contribution in [0.15, 0.2) is 51.7 Å². The van der Waals surface area contributed by atoms with Gasteiger partial charge in [-0.1, -0.05) is 39.0 Å². The molecule has 0 saturated heterocycles. The number of hydrogen-bond donors (Lipinski definition) is 1. The van der Waals surface area contributed by atoms with E-state index in [1.807, 2.05) is 39.0 Å². The number of nitrogens with zero attached hydrogens (tertiary/aromatic N) is 2. The smallest absolute Gasteiger partial charge is 0.408 e. The van der Waals surface area contributed by atoms with Crippen molar-refractivity contribution in [2.45, 2.75) is 33.7 Å². The molecule has 2 aromatic carbocycles. The van der Waals surface area contributed by atoms with Crippen LogP contribution in [0, 0.1) is 5.41 Å². The van der Waals surface area contributed by atoms with Crippen LogP contribution in [0.1, 0.15) is 26.3 Å². The summed E-state index contributed by atoms with van der Waals surface area (Å²) in [4.78, 5) is 39.1. The Morgan fingerprint density at radius 3 is 2.66 bits per heavy atom. The van der Waals surface area contributed by atoms with Crippen LogP contribution in [-0.2, 0) is 22.6 Å². The number of hydrogen-bond acceptors (Lipinski definition) is 4. The van der Waals surface area contributed by atoms with E-state index >= 15 is 0 Å². The molecule has 0 fully saturated rings. The van der Waals surface area contributed by atoms with Crippen molar-refractivity contribution in [3.8, 4) is 0 Å². The Morgan fingerprint density at radius 2 is 1.90 bits per heavy atom. The standard InChI is InChI=1S/C22H23N3O4/c1-22(2,3)20(27)24-11-10-14-8-9-15(12-17(14)24)23-19(26)13-25-16-6-4-5-7-18(16)29-21(25)28/h4-9,12H,10-11,13H2,1-3H3,(H,23,26). The maximum Gasteiger partial charge on any atom is 0.420 e. The van der Waals surface area contributed by atoms with Crippen molar-refractivity contribution in [1.82, 2.24) is 4.57 Å². The van der Waals surface area contributed by atoms with Gasteiger partial charge in [-0.05, 0) is 36.2 Å². The van der Waals surface area contributed by atoms with Crippen LogP contribution < -0.4 is 16.0 Å². The number of carbonyl (C=O) groups is 2. The van der Waals surface area contributed by atoms with Crippen LogP contribution in [0.5, 0.6) is 0 Å². The molecule has 2 amide bonds. The molecule has 3 aromatic rings. The summed E-state index contributed by atoms with van der Waals surface area (Å²) in [5, 5.41) is 2.82. The van der Waals surface area contributed by atoms with E-state index in [-0.39, 0.29) is 18.4 Å². The first-order chi connectivity index (χ1) is 13.7. The predicted molar refractivity (Wildman–Crippen MR) is 111 cm³/mol.